The highest BCUT2D eigenvalue weighted by atomic mass is 35.5. The van der Waals surface area contributed by atoms with Crippen LogP contribution in [0.4, 0.5) is 0 Å². The van der Waals surface area contributed by atoms with Gasteiger partial charge < -0.3 is 20.5 Å². The van der Waals surface area contributed by atoms with Gasteiger partial charge in [-0.3, -0.25) is 4.79 Å². The SMILES string of the molecule is Cl.NC1(C(=O)NCc2ccccc2OCc2ccccc2)CCOCC1. The number of hydrogen-bond donors (Lipinski definition) is 2. The smallest absolute Gasteiger partial charge is 0.240 e. The Bertz CT molecular complexity index is 703. The van der Waals surface area contributed by atoms with Crippen molar-refractivity contribution in [1.82, 2.24) is 5.32 Å². The van der Waals surface area contributed by atoms with Crippen LogP contribution in [0, 0.1) is 0 Å². The summed E-state index contributed by atoms with van der Waals surface area (Å²) in [5.41, 5.74) is 7.42. The van der Waals surface area contributed by atoms with Crippen molar-refractivity contribution in [1.29, 1.82) is 0 Å². The Kier molecular flexibility index (Phi) is 7.45. The number of halogens is 1. The van der Waals surface area contributed by atoms with Crippen molar-refractivity contribution in [2.24, 2.45) is 5.73 Å². The molecule has 0 bridgehead atoms. The van der Waals surface area contributed by atoms with E-state index >= 15 is 0 Å². The lowest BCUT2D eigenvalue weighted by Crippen LogP contribution is -2.56. The van der Waals surface area contributed by atoms with Crippen molar-refractivity contribution in [3.8, 4) is 5.75 Å². The third-order valence-corrected chi connectivity index (χ3v) is 4.49. The lowest BCUT2D eigenvalue weighted by Gasteiger charge is -2.31. The van der Waals surface area contributed by atoms with Crippen molar-refractivity contribution in [3.63, 3.8) is 0 Å². The summed E-state index contributed by atoms with van der Waals surface area (Å²) in [5, 5.41) is 2.95. The van der Waals surface area contributed by atoms with Gasteiger partial charge in [0, 0.05) is 25.3 Å². The monoisotopic (exact) mass is 376 g/mol. The quantitative estimate of drug-likeness (QED) is 0.813. The van der Waals surface area contributed by atoms with E-state index in [0.29, 0.717) is 39.2 Å². The molecule has 6 heteroatoms. The van der Waals surface area contributed by atoms with Crippen LogP contribution in [0.1, 0.15) is 24.0 Å². The van der Waals surface area contributed by atoms with E-state index in [1.807, 2.05) is 54.6 Å². The summed E-state index contributed by atoms with van der Waals surface area (Å²) in [6.07, 6.45) is 1.09. The second-order valence-corrected chi connectivity index (χ2v) is 6.33. The van der Waals surface area contributed by atoms with Crippen LogP contribution in [-0.4, -0.2) is 24.7 Å². The highest BCUT2D eigenvalue weighted by Gasteiger charge is 2.35. The van der Waals surface area contributed by atoms with Crippen LogP contribution in [0.2, 0.25) is 0 Å². The maximum Gasteiger partial charge on any atom is 0.240 e. The Morgan fingerprint density at radius 3 is 2.46 bits per heavy atom. The molecule has 0 radical (unpaired) electrons. The van der Waals surface area contributed by atoms with E-state index in [9.17, 15) is 4.79 Å². The standard InChI is InChI=1S/C20H24N2O3.ClH/c21-20(10-12-24-13-11-20)19(23)22-14-17-8-4-5-9-18(17)25-15-16-6-2-1-3-7-16;/h1-9H,10-15,21H2,(H,22,23);1H. The van der Waals surface area contributed by atoms with Crippen LogP contribution >= 0.6 is 12.4 Å². The van der Waals surface area contributed by atoms with Crippen molar-refractivity contribution in [2.75, 3.05) is 13.2 Å². The highest BCUT2D eigenvalue weighted by molar-refractivity contribution is 5.86. The Morgan fingerprint density at radius 1 is 1.08 bits per heavy atom. The number of carbonyl (C=O) groups excluding carboxylic acids is 1. The number of benzene rings is 2. The molecule has 0 spiro atoms. The fourth-order valence-corrected chi connectivity index (χ4v) is 2.84. The number of nitrogens with one attached hydrogen (secondary N) is 1. The zero-order valence-electron chi connectivity index (χ0n) is 14.6. The second kappa shape index (κ2) is 9.57. The molecule has 0 saturated carbocycles. The van der Waals surface area contributed by atoms with Crippen molar-refractivity contribution in [2.45, 2.75) is 31.5 Å². The molecule has 1 heterocycles. The molecular weight excluding hydrogens is 352 g/mol. The zero-order chi connectivity index (χ0) is 17.5. The van der Waals surface area contributed by atoms with Crippen LogP contribution in [-0.2, 0) is 22.7 Å². The maximum atomic E-state index is 12.5. The van der Waals surface area contributed by atoms with Crippen LogP contribution < -0.4 is 15.8 Å². The fourth-order valence-electron chi connectivity index (χ4n) is 2.84. The summed E-state index contributed by atoms with van der Waals surface area (Å²) in [6.45, 7) is 1.94. The van der Waals surface area contributed by atoms with Gasteiger partial charge in [0.15, 0.2) is 0 Å². The molecule has 140 valence electrons. The molecule has 3 N–H and O–H groups in total. The number of rotatable bonds is 6. The first kappa shape index (κ1) is 20.2. The first-order valence-electron chi connectivity index (χ1n) is 8.57. The second-order valence-electron chi connectivity index (χ2n) is 6.33. The average Bonchev–Trinajstić information content (AvgIpc) is 2.66. The average molecular weight is 377 g/mol. The summed E-state index contributed by atoms with van der Waals surface area (Å²) in [7, 11) is 0. The number of hydrogen-bond acceptors (Lipinski definition) is 4. The number of ether oxygens (including phenoxy) is 2. The minimum Gasteiger partial charge on any atom is -0.489 e. The molecule has 5 nitrogen and oxygen atoms in total. The van der Waals surface area contributed by atoms with E-state index in [1.54, 1.807) is 0 Å². The lowest BCUT2D eigenvalue weighted by atomic mass is 9.90. The van der Waals surface area contributed by atoms with E-state index in [-0.39, 0.29) is 18.3 Å². The Balaban J connectivity index is 0.00000243. The minimum atomic E-state index is -0.835. The number of carbonyl (C=O) groups is 1. The van der Waals surface area contributed by atoms with E-state index in [1.165, 1.54) is 0 Å². The van der Waals surface area contributed by atoms with E-state index in [0.717, 1.165) is 16.9 Å². The number of amides is 1. The van der Waals surface area contributed by atoms with E-state index in [4.69, 9.17) is 15.2 Å². The largest absolute Gasteiger partial charge is 0.489 e. The summed E-state index contributed by atoms with van der Waals surface area (Å²) < 4.78 is 11.2. The number of nitrogens with two attached hydrogens (primary N) is 1. The molecule has 2 aromatic carbocycles. The Labute approximate surface area is 160 Å². The summed E-state index contributed by atoms with van der Waals surface area (Å²) in [5.74, 6) is 0.637. The minimum absolute atomic E-state index is 0. The van der Waals surface area contributed by atoms with Gasteiger partial charge in [0.25, 0.3) is 0 Å². The molecule has 26 heavy (non-hydrogen) atoms. The van der Waals surface area contributed by atoms with Gasteiger partial charge in [-0.1, -0.05) is 48.5 Å². The van der Waals surface area contributed by atoms with Crippen molar-refractivity contribution >= 4 is 18.3 Å². The molecule has 0 aromatic heterocycles. The Morgan fingerprint density at radius 2 is 1.73 bits per heavy atom. The predicted octanol–water partition coefficient (Wildman–Crippen LogP) is 2.81. The summed E-state index contributed by atoms with van der Waals surface area (Å²) in [6, 6.07) is 17.7. The van der Waals surface area contributed by atoms with Gasteiger partial charge in [-0.25, -0.2) is 0 Å². The molecule has 0 aliphatic carbocycles. The third-order valence-electron chi connectivity index (χ3n) is 4.49. The molecule has 1 amide bonds. The van der Waals surface area contributed by atoms with Gasteiger partial charge in [-0.15, -0.1) is 12.4 Å². The molecule has 1 saturated heterocycles. The fraction of sp³-hybridized carbons (Fsp3) is 0.350. The van der Waals surface area contributed by atoms with Crippen LogP contribution in [0.5, 0.6) is 5.75 Å². The zero-order valence-corrected chi connectivity index (χ0v) is 15.5. The first-order valence-corrected chi connectivity index (χ1v) is 8.57. The molecule has 2 aromatic rings. The van der Waals surface area contributed by atoms with Crippen molar-refractivity contribution in [3.05, 3.63) is 65.7 Å². The maximum absolute atomic E-state index is 12.5. The first-order chi connectivity index (χ1) is 12.2. The van der Waals surface area contributed by atoms with Crippen LogP contribution in [0.15, 0.2) is 54.6 Å². The van der Waals surface area contributed by atoms with Gasteiger partial charge in [0.1, 0.15) is 12.4 Å². The van der Waals surface area contributed by atoms with Gasteiger partial charge in [0.2, 0.25) is 5.91 Å². The van der Waals surface area contributed by atoms with E-state index < -0.39 is 5.54 Å². The van der Waals surface area contributed by atoms with Gasteiger partial charge >= 0.3 is 0 Å². The van der Waals surface area contributed by atoms with Gasteiger partial charge in [-0.2, -0.15) is 0 Å². The van der Waals surface area contributed by atoms with E-state index in [2.05, 4.69) is 5.32 Å². The molecule has 3 rings (SSSR count). The van der Waals surface area contributed by atoms with Crippen molar-refractivity contribution < 1.29 is 14.3 Å². The van der Waals surface area contributed by atoms with Crippen LogP contribution in [0.25, 0.3) is 0 Å². The summed E-state index contributed by atoms with van der Waals surface area (Å²) >= 11 is 0. The molecule has 1 fully saturated rings. The molecule has 1 aliphatic heterocycles. The highest BCUT2D eigenvalue weighted by Crippen LogP contribution is 2.21. The molecule has 0 unspecified atom stereocenters. The third kappa shape index (κ3) is 5.21. The number of para-hydroxylation sites is 1. The molecular formula is C20H25ClN2O3. The van der Waals surface area contributed by atoms with Gasteiger partial charge in [0.05, 0.1) is 5.54 Å². The van der Waals surface area contributed by atoms with Gasteiger partial charge in [-0.05, 0) is 24.5 Å². The Hall–Kier alpha value is -2.08. The summed E-state index contributed by atoms with van der Waals surface area (Å²) in [4.78, 5) is 12.5. The van der Waals surface area contributed by atoms with Crippen LogP contribution in [0.3, 0.4) is 0 Å². The molecule has 1 aliphatic rings. The topological polar surface area (TPSA) is 73.6 Å². The normalized spacial score (nSPS) is 15.6. The lowest BCUT2D eigenvalue weighted by molar-refractivity contribution is -0.129. The molecule has 0 atom stereocenters. The predicted molar refractivity (Wildman–Crippen MR) is 103 cm³/mol.